The summed E-state index contributed by atoms with van der Waals surface area (Å²) in [6.45, 7) is 32.7. The Morgan fingerprint density at radius 1 is 0.875 bits per heavy atom. The van der Waals surface area contributed by atoms with Crippen molar-refractivity contribution >= 4 is 39.9 Å². The second kappa shape index (κ2) is 21.3. The zero-order valence-corrected chi connectivity index (χ0v) is 32.6. The molecule has 1 heterocycles. The molecule has 9 heteroatoms. The standard InChI is InChI=1S/C16H32O3Si.C11H24O2Si.2C2H5.Al.ClH/c1-14(19-15-11-7-8-12-17-15)10-9-13-18-20(5,6)16(2,3)4;1-10(12)8-7-9-13-14(5,6)11(2,3)4;2*1-2;;/h9-10,14-15H,7-8,11-13H2,1-6H3;7-8,10,12H,9H2,1-6H3;2*1H2,2H3;;1H/q;;;;+1;/p-1/b10-9-;8-7-;;;;/t14-,15?;10-;;;;/m00..../s1. The number of ether oxygens (including phenoxy) is 2. The Hall–Kier alpha value is 0.536. The molecule has 0 saturated carbocycles. The van der Waals surface area contributed by atoms with Crippen LogP contribution in [0.5, 0.6) is 0 Å². The van der Waals surface area contributed by atoms with E-state index in [2.05, 4.69) is 101 Å². The van der Waals surface area contributed by atoms with Crippen LogP contribution in [0, 0.1) is 0 Å². The van der Waals surface area contributed by atoms with E-state index in [1.807, 2.05) is 6.08 Å². The largest absolute Gasteiger partial charge is 0.413 e. The molecular formula is C31H66AlClO5Si2. The van der Waals surface area contributed by atoms with Crippen molar-refractivity contribution in [3.05, 3.63) is 24.3 Å². The highest BCUT2D eigenvalue weighted by Crippen LogP contribution is 2.37. The van der Waals surface area contributed by atoms with Crippen LogP contribution in [0.4, 0.5) is 0 Å². The molecular weight excluding hydrogens is 571 g/mol. The van der Waals surface area contributed by atoms with Gasteiger partial charge >= 0.3 is 13.2 Å². The summed E-state index contributed by atoms with van der Waals surface area (Å²) in [6.07, 6.45) is 10.9. The van der Waals surface area contributed by atoms with Gasteiger partial charge in [-0.2, -0.15) is 0 Å². The van der Waals surface area contributed by atoms with Crippen LogP contribution < -0.4 is 0 Å². The second-order valence-electron chi connectivity index (χ2n) is 13.8. The molecule has 0 aromatic rings. The monoisotopic (exact) mass is 636 g/mol. The van der Waals surface area contributed by atoms with E-state index in [0.717, 1.165) is 19.4 Å². The van der Waals surface area contributed by atoms with E-state index in [1.54, 1.807) is 13.0 Å². The van der Waals surface area contributed by atoms with Gasteiger partial charge in [0.1, 0.15) is 0 Å². The first-order valence-electron chi connectivity index (χ1n) is 15.4. The van der Waals surface area contributed by atoms with Gasteiger partial charge in [0.25, 0.3) is 0 Å². The minimum absolute atomic E-state index is 0.0234. The van der Waals surface area contributed by atoms with Gasteiger partial charge in [-0.05, 0) is 69.4 Å². The molecule has 0 aromatic carbocycles. The fourth-order valence-corrected chi connectivity index (χ4v) is 5.31. The highest BCUT2D eigenvalue weighted by molar-refractivity contribution is 7.06. The summed E-state index contributed by atoms with van der Waals surface area (Å²) in [5.41, 5.74) is 0. The fourth-order valence-electron chi connectivity index (χ4n) is 2.84. The average Bonchev–Trinajstić information content (AvgIpc) is 2.84. The lowest BCUT2D eigenvalue weighted by Crippen LogP contribution is -2.40. The lowest BCUT2D eigenvalue weighted by molar-refractivity contribution is -0.175. The zero-order valence-electron chi connectivity index (χ0n) is 28.7. The number of aliphatic hydroxyl groups is 1. The Labute approximate surface area is 260 Å². The van der Waals surface area contributed by atoms with Gasteiger partial charge in [-0.15, -0.1) is 0 Å². The normalized spacial score (nSPS) is 18.6. The van der Waals surface area contributed by atoms with Crippen LogP contribution in [-0.2, 0) is 18.3 Å². The van der Waals surface area contributed by atoms with E-state index in [4.69, 9.17) is 33.5 Å². The van der Waals surface area contributed by atoms with Crippen molar-refractivity contribution in [1.82, 2.24) is 0 Å². The molecule has 1 aliphatic rings. The van der Waals surface area contributed by atoms with Gasteiger partial charge in [0.05, 0.1) is 25.4 Å². The molecule has 1 rings (SSSR count). The van der Waals surface area contributed by atoms with Crippen molar-refractivity contribution in [3.63, 3.8) is 0 Å². The van der Waals surface area contributed by atoms with Crippen LogP contribution in [0.15, 0.2) is 24.3 Å². The van der Waals surface area contributed by atoms with Crippen LogP contribution in [0.1, 0.15) is 88.5 Å². The van der Waals surface area contributed by atoms with Crippen LogP contribution in [-0.4, -0.2) is 73.3 Å². The van der Waals surface area contributed by atoms with Crippen LogP contribution in [0.2, 0.25) is 46.8 Å². The van der Waals surface area contributed by atoms with Crippen molar-refractivity contribution in [2.75, 3.05) is 19.8 Å². The van der Waals surface area contributed by atoms with E-state index in [1.165, 1.54) is 17.0 Å². The first kappa shape index (κ1) is 42.7. The van der Waals surface area contributed by atoms with Crippen molar-refractivity contribution in [2.24, 2.45) is 0 Å². The van der Waals surface area contributed by atoms with Crippen molar-refractivity contribution in [3.8, 4) is 0 Å². The lowest BCUT2D eigenvalue weighted by Gasteiger charge is -2.35. The summed E-state index contributed by atoms with van der Waals surface area (Å²) >= 11 is -0.688. The summed E-state index contributed by atoms with van der Waals surface area (Å²) in [5.74, 6) is 0. The Morgan fingerprint density at radius 3 is 1.65 bits per heavy atom. The maximum absolute atomic E-state index is 9.01. The van der Waals surface area contributed by atoms with Gasteiger partial charge in [0.15, 0.2) is 22.9 Å². The summed E-state index contributed by atoms with van der Waals surface area (Å²) < 4.78 is 23.4. The molecule has 1 fully saturated rings. The molecule has 238 valence electrons. The van der Waals surface area contributed by atoms with Crippen molar-refractivity contribution in [1.29, 1.82) is 0 Å². The van der Waals surface area contributed by atoms with Crippen molar-refractivity contribution < 1.29 is 23.4 Å². The Kier molecular flexibility index (Phi) is 22.7. The average molecular weight is 637 g/mol. The molecule has 40 heavy (non-hydrogen) atoms. The molecule has 0 aromatic heterocycles. The minimum atomic E-state index is -1.64. The third kappa shape index (κ3) is 21.3. The van der Waals surface area contributed by atoms with Gasteiger partial charge in [-0.3, -0.25) is 10.0 Å². The van der Waals surface area contributed by atoms with E-state index >= 15 is 0 Å². The molecule has 0 aliphatic carbocycles. The maximum atomic E-state index is 9.01. The van der Waals surface area contributed by atoms with Gasteiger partial charge < -0.3 is 23.4 Å². The Balaban J connectivity index is 0. The molecule has 0 amide bonds. The van der Waals surface area contributed by atoms with Gasteiger partial charge in [-0.25, -0.2) is 0 Å². The van der Waals surface area contributed by atoms with E-state index in [9.17, 15) is 0 Å². The zero-order chi connectivity index (χ0) is 31.6. The Bertz CT molecular complexity index is 678. The van der Waals surface area contributed by atoms with Crippen molar-refractivity contribution in [2.45, 2.75) is 154 Å². The molecule has 5 nitrogen and oxygen atoms in total. The summed E-state index contributed by atoms with van der Waals surface area (Å²) in [6, 6.07) is 0. The van der Waals surface area contributed by atoms with Crippen LogP contribution in [0.3, 0.4) is 0 Å². The number of hydrogen-bond donors (Lipinski definition) is 1. The van der Waals surface area contributed by atoms with E-state index in [-0.39, 0.29) is 28.6 Å². The molecule has 1 N–H and O–H groups in total. The summed E-state index contributed by atoms with van der Waals surface area (Å²) in [7, 11) is 2.54. The third-order valence-electron chi connectivity index (χ3n) is 7.91. The van der Waals surface area contributed by atoms with Crippen LogP contribution in [0.25, 0.3) is 0 Å². The van der Waals surface area contributed by atoms with Crippen LogP contribution >= 0.6 is 10.0 Å². The van der Waals surface area contributed by atoms with Gasteiger partial charge in [0, 0.05) is 6.61 Å². The molecule has 1 aliphatic heterocycles. The number of hydrogen-bond acceptors (Lipinski definition) is 5. The predicted octanol–water partition coefficient (Wildman–Crippen LogP) is 9.70. The second-order valence-corrected chi connectivity index (χ2v) is 28.1. The fraction of sp³-hybridized carbons (Fsp3) is 0.871. The molecule has 1 saturated heterocycles. The van der Waals surface area contributed by atoms with Gasteiger partial charge in [0.2, 0.25) is 0 Å². The number of rotatable bonds is 12. The third-order valence-corrected chi connectivity index (χ3v) is 20.5. The number of halogens is 1. The first-order valence-corrected chi connectivity index (χ1v) is 24.6. The first-order chi connectivity index (χ1) is 18.2. The lowest BCUT2D eigenvalue weighted by atomic mass is 10.2. The topological polar surface area (TPSA) is 57.2 Å². The van der Waals surface area contributed by atoms with E-state index < -0.39 is 29.9 Å². The Morgan fingerprint density at radius 2 is 1.32 bits per heavy atom. The summed E-state index contributed by atoms with van der Waals surface area (Å²) in [5, 5.41) is 12.0. The highest BCUT2D eigenvalue weighted by Gasteiger charge is 2.37. The SMILES string of the molecule is C[C@@H](/C=C\CO[Si](C)(C)C(C)(C)C)OC1CCCCO1.C[C@H](O)/C=C\CO[Si](C)(C)C(C)(C)C.C[CH2][Al]([Cl])[CH2]C. The maximum Gasteiger partial charge on any atom is 0.399 e. The quantitative estimate of drug-likeness (QED) is 0.171. The highest BCUT2D eigenvalue weighted by atomic mass is 35.6. The molecule has 0 spiro atoms. The molecule has 1 unspecified atom stereocenters. The molecule has 0 radical (unpaired) electrons. The summed E-state index contributed by atoms with van der Waals surface area (Å²) in [4.78, 5) is 0. The molecule has 0 bridgehead atoms. The number of aliphatic hydroxyl groups excluding tert-OH is 1. The molecule has 3 atom stereocenters. The van der Waals surface area contributed by atoms with Gasteiger partial charge in [-0.1, -0.05) is 90.3 Å². The van der Waals surface area contributed by atoms with E-state index in [0.29, 0.717) is 13.2 Å². The predicted molar refractivity (Wildman–Crippen MR) is 183 cm³/mol. The minimum Gasteiger partial charge on any atom is -0.413 e. The smallest absolute Gasteiger partial charge is 0.399 e.